The zero-order valence-corrected chi connectivity index (χ0v) is 14.4. The molecule has 0 spiro atoms. The van der Waals surface area contributed by atoms with Crippen LogP contribution in [0.3, 0.4) is 0 Å². The van der Waals surface area contributed by atoms with E-state index in [1.807, 2.05) is 18.2 Å². The van der Waals surface area contributed by atoms with E-state index in [1.165, 1.54) is 0 Å². The summed E-state index contributed by atoms with van der Waals surface area (Å²) in [6.07, 6.45) is 3.57. The molecule has 0 fully saturated rings. The Morgan fingerprint density at radius 2 is 1.90 bits per heavy atom. The van der Waals surface area contributed by atoms with Crippen LogP contribution in [0, 0.1) is 0 Å². The van der Waals surface area contributed by atoms with E-state index in [4.69, 9.17) is 5.11 Å². The zero-order valence-electron chi connectivity index (χ0n) is 11.4. The van der Waals surface area contributed by atoms with Gasteiger partial charge >= 0.3 is 6.09 Å². The van der Waals surface area contributed by atoms with Crippen molar-refractivity contribution in [1.29, 1.82) is 0 Å². The number of anilines is 1. The van der Waals surface area contributed by atoms with Crippen molar-refractivity contribution in [3.63, 3.8) is 0 Å². The van der Waals surface area contributed by atoms with Crippen LogP contribution in [0.25, 0.3) is 0 Å². The number of hydrogen-bond acceptors (Lipinski definition) is 2. The maximum Gasteiger partial charge on any atom is 0.405 e. The molecule has 1 rings (SSSR count). The van der Waals surface area contributed by atoms with Crippen molar-refractivity contribution in [3.8, 4) is 0 Å². The first-order chi connectivity index (χ1) is 9.28. The third kappa shape index (κ3) is 6.99. The Labute approximate surface area is 132 Å². The van der Waals surface area contributed by atoms with Gasteiger partial charge in [-0.2, -0.15) is 7.20 Å². The lowest BCUT2D eigenvalue weighted by Crippen LogP contribution is -2.43. The molecule has 3 N–H and O–H groups in total. The van der Waals surface area contributed by atoms with Crippen LogP contribution in [-0.4, -0.2) is 41.4 Å². The van der Waals surface area contributed by atoms with Gasteiger partial charge in [-0.3, -0.25) is 4.79 Å². The molecule has 0 saturated carbocycles. The van der Waals surface area contributed by atoms with Crippen molar-refractivity contribution in [1.82, 2.24) is 5.32 Å². The predicted octanol–water partition coefficient (Wildman–Crippen LogP) is 3.07. The highest BCUT2D eigenvalue weighted by Gasteiger charge is 2.22. The van der Waals surface area contributed by atoms with E-state index >= 15 is 0 Å². The maximum atomic E-state index is 12.1. The lowest BCUT2D eigenvalue weighted by molar-refractivity contribution is -0.118. The fourth-order valence-electron chi connectivity index (χ4n) is 1.57. The van der Waals surface area contributed by atoms with Gasteiger partial charge in [0.15, 0.2) is 0 Å². The molecule has 0 aliphatic rings. The van der Waals surface area contributed by atoms with Gasteiger partial charge in [0, 0.05) is 5.69 Å². The summed E-state index contributed by atoms with van der Waals surface area (Å²) in [6.45, 7) is 0. The summed E-state index contributed by atoms with van der Waals surface area (Å²) in [5.41, 5.74) is 0.663. The molecule has 0 aromatic heterocycles. The fourth-order valence-corrected chi connectivity index (χ4v) is 3.13. The standard InChI is InChI=1S/C13H19IN2O3S/c1-20(2,14)9-8-11(16-13(18)19)12(17)15-10-6-4-3-5-7-10/h3-7,11,16H,8-9H2,1-2H3,(H,15,17)(H,18,19)/t11-/m1/s1. The third-order valence-electron chi connectivity index (χ3n) is 2.55. The summed E-state index contributed by atoms with van der Waals surface area (Å²) < 4.78 is 0. The number of nitrogens with one attached hydrogen (secondary N) is 2. The second-order valence-electron chi connectivity index (χ2n) is 4.75. The molecule has 20 heavy (non-hydrogen) atoms. The highest BCUT2D eigenvalue weighted by molar-refractivity contribution is 14.2. The normalized spacial score (nSPS) is 13.3. The van der Waals surface area contributed by atoms with Gasteiger partial charge in [0.25, 0.3) is 0 Å². The molecule has 0 unspecified atom stereocenters. The van der Waals surface area contributed by atoms with Crippen molar-refractivity contribution < 1.29 is 14.7 Å². The number of benzene rings is 1. The number of carboxylic acid groups (broad SMARTS) is 1. The van der Waals surface area contributed by atoms with Gasteiger partial charge in [0.05, 0.1) is 0 Å². The Bertz CT molecular complexity index is 462. The molecule has 0 radical (unpaired) electrons. The van der Waals surface area contributed by atoms with Gasteiger partial charge in [-0.05, 0) is 58.0 Å². The first kappa shape index (κ1) is 17.1. The Hall–Kier alpha value is -0.960. The van der Waals surface area contributed by atoms with Crippen LogP contribution >= 0.6 is 28.4 Å². The Morgan fingerprint density at radius 1 is 1.30 bits per heavy atom. The van der Waals surface area contributed by atoms with Crippen LogP contribution < -0.4 is 10.6 Å². The zero-order chi connectivity index (χ0) is 15.2. The number of halogens is 1. The molecule has 0 aliphatic carbocycles. The maximum absolute atomic E-state index is 12.1. The smallest absolute Gasteiger partial charge is 0.405 e. The summed E-state index contributed by atoms with van der Waals surface area (Å²) in [5.74, 6) is 0.499. The minimum atomic E-state index is -1.18. The molecule has 7 heteroatoms. The molecule has 1 aromatic carbocycles. The van der Waals surface area contributed by atoms with E-state index < -0.39 is 19.3 Å². The first-order valence-corrected chi connectivity index (χ1v) is 11.2. The van der Waals surface area contributed by atoms with Crippen molar-refractivity contribution in [2.75, 3.05) is 23.6 Å². The monoisotopic (exact) mass is 410 g/mol. The highest BCUT2D eigenvalue weighted by Crippen LogP contribution is 2.49. The second-order valence-corrected chi connectivity index (χ2v) is 15.1. The molecule has 0 heterocycles. The first-order valence-electron chi connectivity index (χ1n) is 6.04. The minimum absolute atomic E-state index is 0.321. The highest BCUT2D eigenvalue weighted by atomic mass is 127. The van der Waals surface area contributed by atoms with E-state index in [2.05, 4.69) is 44.4 Å². The number of para-hydroxylation sites is 1. The van der Waals surface area contributed by atoms with Gasteiger partial charge < -0.3 is 15.7 Å². The fraction of sp³-hybridized carbons (Fsp3) is 0.385. The Morgan fingerprint density at radius 3 is 2.40 bits per heavy atom. The van der Waals surface area contributed by atoms with E-state index in [0.717, 1.165) is 5.75 Å². The van der Waals surface area contributed by atoms with Crippen molar-refractivity contribution in [2.24, 2.45) is 0 Å². The van der Waals surface area contributed by atoms with E-state index in [1.54, 1.807) is 12.1 Å². The van der Waals surface area contributed by atoms with Crippen LogP contribution in [0.2, 0.25) is 0 Å². The Balaban J connectivity index is 2.66. The molecular weight excluding hydrogens is 391 g/mol. The molecular formula is C13H19IN2O3S. The predicted molar refractivity (Wildman–Crippen MR) is 93.0 cm³/mol. The summed E-state index contributed by atoms with van der Waals surface area (Å²) in [4.78, 5) is 22.9. The van der Waals surface area contributed by atoms with Crippen LogP contribution in [0.1, 0.15) is 6.42 Å². The molecule has 1 atom stereocenters. The lowest BCUT2D eigenvalue weighted by Gasteiger charge is -2.25. The van der Waals surface area contributed by atoms with E-state index in [0.29, 0.717) is 12.1 Å². The molecule has 0 bridgehead atoms. The molecule has 2 amide bonds. The van der Waals surface area contributed by atoms with Crippen LogP contribution in [0.5, 0.6) is 0 Å². The van der Waals surface area contributed by atoms with E-state index in [9.17, 15) is 9.59 Å². The molecule has 1 aromatic rings. The van der Waals surface area contributed by atoms with Gasteiger partial charge in [-0.25, -0.2) is 4.79 Å². The largest absolute Gasteiger partial charge is 0.465 e. The van der Waals surface area contributed by atoms with Crippen molar-refractivity contribution in [3.05, 3.63) is 30.3 Å². The molecule has 0 saturated heterocycles. The van der Waals surface area contributed by atoms with E-state index in [-0.39, 0.29) is 5.91 Å². The second kappa shape index (κ2) is 7.72. The van der Waals surface area contributed by atoms with Crippen LogP contribution in [-0.2, 0) is 4.79 Å². The quantitative estimate of drug-likeness (QED) is 0.631. The van der Waals surface area contributed by atoms with Crippen LogP contribution in [0.15, 0.2) is 30.3 Å². The third-order valence-corrected chi connectivity index (χ3v) is 5.08. The summed E-state index contributed by atoms with van der Waals surface area (Å²) in [6, 6.07) is 8.28. The van der Waals surface area contributed by atoms with Gasteiger partial charge in [0.1, 0.15) is 6.04 Å². The minimum Gasteiger partial charge on any atom is -0.465 e. The average molecular weight is 410 g/mol. The van der Waals surface area contributed by atoms with Gasteiger partial charge in [-0.15, -0.1) is 0 Å². The van der Waals surface area contributed by atoms with Gasteiger partial charge in [0.2, 0.25) is 5.91 Å². The summed E-state index contributed by atoms with van der Waals surface area (Å²) >= 11 is 2.37. The topological polar surface area (TPSA) is 78.4 Å². The SMILES string of the molecule is CS(C)(I)CC[C@@H](NC(=O)O)C(=O)Nc1ccccc1. The molecule has 5 nitrogen and oxygen atoms in total. The molecule has 0 aliphatic heterocycles. The number of amides is 2. The number of carbonyl (C=O) groups excluding carboxylic acids is 1. The van der Waals surface area contributed by atoms with Crippen molar-refractivity contribution >= 4 is 46.1 Å². The van der Waals surface area contributed by atoms with Crippen LogP contribution in [0.4, 0.5) is 10.5 Å². The number of hydrogen-bond donors (Lipinski definition) is 3. The number of carbonyl (C=O) groups is 2. The molecule has 112 valence electrons. The Kier molecular flexibility index (Phi) is 6.60. The van der Waals surface area contributed by atoms with Gasteiger partial charge in [-0.1, -0.05) is 18.2 Å². The number of rotatable bonds is 6. The average Bonchev–Trinajstić information content (AvgIpc) is 2.34. The summed E-state index contributed by atoms with van der Waals surface area (Å²) in [5, 5.41) is 13.9. The summed E-state index contributed by atoms with van der Waals surface area (Å²) in [7, 11) is -0.804. The lowest BCUT2D eigenvalue weighted by atomic mass is 10.2. The van der Waals surface area contributed by atoms with Crippen molar-refractivity contribution in [2.45, 2.75) is 12.5 Å².